The molecule has 1 N–H and O–H groups in total. The second-order valence-electron chi connectivity index (χ2n) is 1.77. The van der Waals surface area contributed by atoms with Crippen molar-refractivity contribution in [2.75, 3.05) is 5.75 Å². The zero-order valence-electron chi connectivity index (χ0n) is 5.32. The minimum absolute atomic E-state index is 0.706. The monoisotopic (exact) mass is 129 g/mol. The SMILES string of the molecule is C=C(C)SCC(C)=N. The van der Waals surface area contributed by atoms with Gasteiger partial charge in [0.25, 0.3) is 0 Å². The van der Waals surface area contributed by atoms with E-state index in [1.54, 1.807) is 18.7 Å². The Morgan fingerprint density at radius 2 is 2.12 bits per heavy atom. The van der Waals surface area contributed by atoms with Crippen LogP contribution in [0, 0.1) is 5.41 Å². The highest BCUT2D eigenvalue weighted by Gasteiger charge is 1.87. The molecule has 8 heavy (non-hydrogen) atoms. The molecule has 0 radical (unpaired) electrons. The molecule has 0 aromatic rings. The highest BCUT2D eigenvalue weighted by atomic mass is 32.2. The molecule has 0 saturated heterocycles. The van der Waals surface area contributed by atoms with E-state index in [0.29, 0.717) is 5.71 Å². The largest absolute Gasteiger partial charge is 0.309 e. The minimum Gasteiger partial charge on any atom is -0.309 e. The van der Waals surface area contributed by atoms with Gasteiger partial charge in [-0.2, -0.15) is 0 Å². The van der Waals surface area contributed by atoms with Gasteiger partial charge >= 0.3 is 0 Å². The van der Waals surface area contributed by atoms with E-state index < -0.39 is 0 Å². The van der Waals surface area contributed by atoms with Gasteiger partial charge in [0.15, 0.2) is 0 Å². The summed E-state index contributed by atoms with van der Waals surface area (Å²) < 4.78 is 0. The summed E-state index contributed by atoms with van der Waals surface area (Å²) in [6.45, 7) is 7.45. The summed E-state index contributed by atoms with van der Waals surface area (Å²) in [6.07, 6.45) is 0. The summed E-state index contributed by atoms with van der Waals surface area (Å²) in [5.41, 5.74) is 0.706. The third kappa shape index (κ3) is 5.76. The van der Waals surface area contributed by atoms with Crippen LogP contribution in [-0.2, 0) is 0 Å². The van der Waals surface area contributed by atoms with Crippen molar-refractivity contribution < 1.29 is 0 Å². The Morgan fingerprint density at radius 1 is 1.62 bits per heavy atom. The number of hydrogen-bond acceptors (Lipinski definition) is 2. The van der Waals surface area contributed by atoms with Crippen LogP contribution in [0.3, 0.4) is 0 Å². The lowest BCUT2D eigenvalue weighted by Crippen LogP contribution is -1.90. The van der Waals surface area contributed by atoms with Gasteiger partial charge in [0, 0.05) is 11.5 Å². The molecule has 0 aromatic heterocycles. The van der Waals surface area contributed by atoms with Crippen LogP contribution in [0.2, 0.25) is 0 Å². The van der Waals surface area contributed by atoms with E-state index in [1.807, 2.05) is 6.92 Å². The average molecular weight is 129 g/mol. The normalized spacial score (nSPS) is 8.75. The second-order valence-corrected chi connectivity index (χ2v) is 3.05. The maximum atomic E-state index is 7.03. The molecule has 0 spiro atoms. The Balaban J connectivity index is 3.18. The standard InChI is InChI=1S/C6H11NS/c1-5(2)8-4-6(3)7/h7H,1,4H2,2-3H3. The van der Waals surface area contributed by atoms with Crippen molar-refractivity contribution in [3.8, 4) is 0 Å². The lowest BCUT2D eigenvalue weighted by Gasteiger charge is -1.94. The summed E-state index contributed by atoms with van der Waals surface area (Å²) >= 11 is 1.62. The highest BCUT2D eigenvalue weighted by molar-refractivity contribution is 8.03. The fourth-order valence-electron chi connectivity index (χ4n) is 0.231. The Hall–Kier alpha value is -0.240. The summed E-state index contributed by atoms with van der Waals surface area (Å²) in [5.74, 6) is 0.787. The Morgan fingerprint density at radius 3 is 2.25 bits per heavy atom. The van der Waals surface area contributed by atoms with Gasteiger partial charge in [-0.1, -0.05) is 6.58 Å². The number of allylic oxidation sites excluding steroid dienone is 1. The second kappa shape index (κ2) is 3.72. The van der Waals surface area contributed by atoms with Crippen LogP contribution in [0.15, 0.2) is 11.5 Å². The van der Waals surface area contributed by atoms with E-state index in [0.717, 1.165) is 10.7 Å². The molecule has 0 atom stereocenters. The van der Waals surface area contributed by atoms with Crippen LogP contribution >= 0.6 is 11.8 Å². The Bertz CT molecular complexity index is 93.1. The molecule has 0 unspecified atom stereocenters. The molecule has 0 bridgehead atoms. The maximum absolute atomic E-state index is 7.03. The van der Waals surface area contributed by atoms with Gasteiger partial charge in [-0.15, -0.1) is 11.8 Å². The van der Waals surface area contributed by atoms with Crippen molar-refractivity contribution in [2.45, 2.75) is 13.8 Å². The summed E-state index contributed by atoms with van der Waals surface area (Å²) in [6, 6.07) is 0. The molecular weight excluding hydrogens is 118 g/mol. The summed E-state index contributed by atoms with van der Waals surface area (Å²) in [5, 5.41) is 7.03. The minimum atomic E-state index is 0.706. The van der Waals surface area contributed by atoms with Gasteiger partial charge in [0.2, 0.25) is 0 Å². The first kappa shape index (κ1) is 7.76. The molecule has 0 rings (SSSR count). The van der Waals surface area contributed by atoms with Crippen LogP contribution in [-0.4, -0.2) is 11.5 Å². The Labute approximate surface area is 54.7 Å². The molecule has 0 aromatic carbocycles. The van der Waals surface area contributed by atoms with Crippen molar-refractivity contribution in [1.82, 2.24) is 0 Å². The van der Waals surface area contributed by atoms with Gasteiger partial charge in [-0.25, -0.2) is 0 Å². The predicted molar refractivity (Wildman–Crippen MR) is 40.7 cm³/mol. The number of nitrogens with one attached hydrogen (secondary N) is 1. The maximum Gasteiger partial charge on any atom is 0.0352 e. The smallest absolute Gasteiger partial charge is 0.0352 e. The van der Waals surface area contributed by atoms with Crippen molar-refractivity contribution >= 4 is 17.5 Å². The van der Waals surface area contributed by atoms with Gasteiger partial charge in [-0.3, -0.25) is 0 Å². The average Bonchev–Trinajstić information content (AvgIpc) is 1.61. The van der Waals surface area contributed by atoms with Crippen LogP contribution < -0.4 is 0 Å². The molecule has 0 fully saturated rings. The van der Waals surface area contributed by atoms with Crippen LogP contribution in [0.25, 0.3) is 0 Å². The number of thioether (sulfide) groups is 1. The van der Waals surface area contributed by atoms with E-state index in [-0.39, 0.29) is 0 Å². The van der Waals surface area contributed by atoms with E-state index in [2.05, 4.69) is 6.58 Å². The fourth-order valence-corrected chi connectivity index (χ4v) is 0.694. The van der Waals surface area contributed by atoms with Crippen molar-refractivity contribution in [3.05, 3.63) is 11.5 Å². The van der Waals surface area contributed by atoms with Gasteiger partial charge in [0.1, 0.15) is 0 Å². The molecule has 46 valence electrons. The lowest BCUT2D eigenvalue weighted by atomic mass is 10.5. The van der Waals surface area contributed by atoms with E-state index in [1.165, 1.54) is 0 Å². The van der Waals surface area contributed by atoms with Crippen LogP contribution in [0.4, 0.5) is 0 Å². The van der Waals surface area contributed by atoms with Crippen molar-refractivity contribution in [1.29, 1.82) is 5.41 Å². The first-order valence-corrected chi connectivity index (χ1v) is 3.44. The first-order chi connectivity index (χ1) is 3.63. The molecule has 0 heterocycles. The molecule has 0 aliphatic rings. The zero-order valence-corrected chi connectivity index (χ0v) is 6.14. The van der Waals surface area contributed by atoms with Crippen molar-refractivity contribution in [2.24, 2.45) is 0 Å². The van der Waals surface area contributed by atoms with Gasteiger partial charge < -0.3 is 5.41 Å². The predicted octanol–water partition coefficient (Wildman–Crippen LogP) is 2.29. The summed E-state index contributed by atoms with van der Waals surface area (Å²) in [4.78, 5) is 1.08. The molecule has 1 nitrogen and oxygen atoms in total. The molecule has 0 amide bonds. The molecule has 0 aliphatic carbocycles. The van der Waals surface area contributed by atoms with E-state index >= 15 is 0 Å². The van der Waals surface area contributed by atoms with Crippen molar-refractivity contribution in [3.63, 3.8) is 0 Å². The number of rotatable bonds is 3. The zero-order chi connectivity index (χ0) is 6.57. The van der Waals surface area contributed by atoms with Gasteiger partial charge in [-0.05, 0) is 18.8 Å². The molecule has 2 heteroatoms. The summed E-state index contributed by atoms with van der Waals surface area (Å²) in [7, 11) is 0. The quantitative estimate of drug-likeness (QED) is 0.581. The van der Waals surface area contributed by atoms with Gasteiger partial charge in [0.05, 0.1) is 0 Å². The third-order valence-corrected chi connectivity index (χ3v) is 1.61. The van der Waals surface area contributed by atoms with Crippen LogP contribution in [0.1, 0.15) is 13.8 Å². The lowest BCUT2D eigenvalue weighted by molar-refractivity contribution is 1.46. The Kier molecular flexibility index (Phi) is 3.61. The number of hydrogen-bond donors (Lipinski definition) is 1. The van der Waals surface area contributed by atoms with E-state index in [9.17, 15) is 0 Å². The fraction of sp³-hybridized carbons (Fsp3) is 0.500. The topological polar surface area (TPSA) is 23.9 Å². The molecule has 0 saturated carbocycles. The highest BCUT2D eigenvalue weighted by Crippen LogP contribution is 2.10. The van der Waals surface area contributed by atoms with Crippen LogP contribution in [0.5, 0.6) is 0 Å². The third-order valence-electron chi connectivity index (χ3n) is 0.535. The van der Waals surface area contributed by atoms with E-state index in [4.69, 9.17) is 5.41 Å². The molecular formula is C6H11NS. The molecule has 0 aliphatic heterocycles. The first-order valence-electron chi connectivity index (χ1n) is 2.45.